The summed E-state index contributed by atoms with van der Waals surface area (Å²) in [5.74, 6) is -1.91. The Hall–Kier alpha value is -2.78. The molecule has 1 aromatic heterocycles. The third kappa shape index (κ3) is 6.65. The Labute approximate surface area is 172 Å². The van der Waals surface area contributed by atoms with Crippen molar-refractivity contribution in [2.45, 2.75) is 38.6 Å². The molecule has 8 nitrogen and oxygen atoms in total. The fourth-order valence-electron chi connectivity index (χ4n) is 3.21. The first-order valence-corrected chi connectivity index (χ1v) is 10.0. The summed E-state index contributed by atoms with van der Waals surface area (Å²) in [5.41, 5.74) is 0.182. The van der Waals surface area contributed by atoms with Crippen molar-refractivity contribution in [2.75, 3.05) is 13.1 Å². The molecular weight excluding hydrogens is 396 g/mol. The van der Waals surface area contributed by atoms with Crippen molar-refractivity contribution in [2.24, 2.45) is 0 Å². The van der Waals surface area contributed by atoms with Crippen LogP contribution in [-0.2, 0) is 9.59 Å². The maximum absolute atomic E-state index is 10.9. The van der Waals surface area contributed by atoms with Crippen molar-refractivity contribution in [1.29, 1.82) is 0 Å². The molecule has 0 amide bonds. The third-order valence-electron chi connectivity index (χ3n) is 4.76. The Morgan fingerprint density at radius 2 is 1.76 bits per heavy atom. The predicted octanol–water partition coefficient (Wildman–Crippen LogP) is 4.11. The van der Waals surface area contributed by atoms with E-state index in [1.54, 1.807) is 23.5 Å². The van der Waals surface area contributed by atoms with Gasteiger partial charge in [0.1, 0.15) is 0 Å². The minimum absolute atomic E-state index is 0.182. The zero-order valence-electron chi connectivity index (χ0n) is 16.3. The molecule has 2 N–H and O–H groups in total. The van der Waals surface area contributed by atoms with Gasteiger partial charge in [-0.15, -0.1) is 11.3 Å². The van der Waals surface area contributed by atoms with Crippen LogP contribution in [0.2, 0.25) is 0 Å². The molecule has 0 spiro atoms. The average molecular weight is 420 g/mol. The summed E-state index contributed by atoms with van der Waals surface area (Å²) in [4.78, 5) is 33.5. The molecule has 1 aliphatic heterocycles. The van der Waals surface area contributed by atoms with Crippen LogP contribution >= 0.6 is 11.3 Å². The van der Waals surface area contributed by atoms with Gasteiger partial charge in [-0.1, -0.05) is 0 Å². The summed E-state index contributed by atoms with van der Waals surface area (Å²) in [6.07, 6.45) is 3.49. The van der Waals surface area contributed by atoms with E-state index in [0.29, 0.717) is 24.1 Å². The molecule has 0 unspecified atom stereocenters. The SMILES string of the molecule is CC(C)N1CCC(c2cc3cc([N+](=O)[O-])ccc3s2)CC1.O=C(O)C=CC(=O)O. The van der Waals surface area contributed by atoms with E-state index in [1.807, 2.05) is 6.07 Å². The van der Waals surface area contributed by atoms with Crippen molar-refractivity contribution in [3.63, 3.8) is 0 Å². The molecule has 0 radical (unpaired) electrons. The van der Waals surface area contributed by atoms with Crippen LogP contribution in [0.1, 0.15) is 37.5 Å². The Bertz CT molecular complexity index is 897. The zero-order chi connectivity index (χ0) is 21.6. The number of likely N-dealkylation sites (tertiary alicyclic amines) is 1. The Morgan fingerprint density at radius 1 is 1.17 bits per heavy atom. The predicted molar refractivity (Wildman–Crippen MR) is 112 cm³/mol. The normalized spacial score (nSPS) is 15.4. The molecule has 1 aromatic carbocycles. The number of carboxylic acid groups (broad SMARTS) is 2. The van der Waals surface area contributed by atoms with Crippen LogP contribution in [-0.4, -0.2) is 51.1 Å². The fraction of sp³-hybridized carbons (Fsp3) is 0.400. The standard InChI is InChI=1S/C16H20N2O2S.C4H4O4/c1-11(2)17-7-5-12(6-8-17)16-10-13-9-14(18(19)20)3-4-15(13)21-16;5-3(6)1-2-4(7)8/h3-4,9-12H,5-8H2,1-2H3;1-2H,(H,5,6)(H,7,8). The first kappa shape index (κ1) is 22.5. The van der Waals surface area contributed by atoms with E-state index in [-0.39, 0.29) is 10.6 Å². The summed E-state index contributed by atoms with van der Waals surface area (Å²) >= 11 is 1.79. The monoisotopic (exact) mass is 420 g/mol. The molecule has 0 bridgehead atoms. The zero-order valence-corrected chi connectivity index (χ0v) is 17.1. The summed E-state index contributed by atoms with van der Waals surface area (Å²) in [6.45, 7) is 6.80. The van der Waals surface area contributed by atoms with Crippen LogP contribution in [0.4, 0.5) is 5.69 Å². The molecule has 0 atom stereocenters. The number of carbonyl (C=O) groups is 2. The second kappa shape index (κ2) is 10.1. The first-order chi connectivity index (χ1) is 13.7. The average Bonchev–Trinajstić information content (AvgIpc) is 3.10. The van der Waals surface area contributed by atoms with Gasteiger partial charge in [0.15, 0.2) is 0 Å². The van der Waals surface area contributed by atoms with Gasteiger partial charge < -0.3 is 15.1 Å². The molecule has 1 aliphatic rings. The molecule has 29 heavy (non-hydrogen) atoms. The number of nitro groups is 1. The van der Waals surface area contributed by atoms with E-state index in [2.05, 4.69) is 24.8 Å². The number of carboxylic acids is 2. The number of fused-ring (bicyclic) bond motifs is 1. The number of nitrogens with zero attached hydrogens (tertiary/aromatic N) is 2. The minimum atomic E-state index is -1.26. The van der Waals surface area contributed by atoms with Gasteiger partial charge in [-0.2, -0.15) is 0 Å². The smallest absolute Gasteiger partial charge is 0.328 e. The van der Waals surface area contributed by atoms with E-state index in [4.69, 9.17) is 10.2 Å². The lowest BCUT2D eigenvalue weighted by atomic mass is 9.94. The maximum atomic E-state index is 10.9. The lowest BCUT2D eigenvalue weighted by molar-refractivity contribution is -0.384. The molecule has 9 heteroatoms. The minimum Gasteiger partial charge on any atom is -0.478 e. The topological polar surface area (TPSA) is 121 Å². The number of thiophene rings is 1. The highest BCUT2D eigenvalue weighted by atomic mass is 32.1. The molecular formula is C20H24N2O6S. The number of non-ortho nitro benzene ring substituents is 1. The van der Waals surface area contributed by atoms with Crippen LogP contribution in [0.5, 0.6) is 0 Å². The van der Waals surface area contributed by atoms with Crippen LogP contribution in [0.3, 0.4) is 0 Å². The largest absolute Gasteiger partial charge is 0.478 e. The molecule has 1 fully saturated rings. The second-order valence-electron chi connectivity index (χ2n) is 7.04. The number of rotatable bonds is 5. The molecule has 0 saturated carbocycles. The highest BCUT2D eigenvalue weighted by Gasteiger charge is 2.23. The summed E-state index contributed by atoms with van der Waals surface area (Å²) < 4.78 is 1.15. The summed E-state index contributed by atoms with van der Waals surface area (Å²) in [7, 11) is 0. The molecule has 0 aliphatic carbocycles. The van der Waals surface area contributed by atoms with Crippen LogP contribution in [0.15, 0.2) is 36.4 Å². The van der Waals surface area contributed by atoms with Crippen molar-refractivity contribution in [3.8, 4) is 0 Å². The lowest BCUT2D eigenvalue weighted by Gasteiger charge is -2.34. The third-order valence-corrected chi connectivity index (χ3v) is 6.04. The number of benzene rings is 1. The number of piperidine rings is 1. The van der Waals surface area contributed by atoms with Gasteiger partial charge in [0.05, 0.1) is 4.92 Å². The van der Waals surface area contributed by atoms with E-state index in [9.17, 15) is 19.7 Å². The molecule has 156 valence electrons. The Balaban J connectivity index is 0.000000321. The van der Waals surface area contributed by atoms with Gasteiger partial charge in [-0.3, -0.25) is 10.1 Å². The molecule has 2 aromatic rings. The molecule has 1 saturated heterocycles. The van der Waals surface area contributed by atoms with Crippen LogP contribution in [0.25, 0.3) is 10.1 Å². The van der Waals surface area contributed by atoms with E-state index < -0.39 is 11.9 Å². The first-order valence-electron chi connectivity index (χ1n) is 9.23. The van der Waals surface area contributed by atoms with Gasteiger partial charge in [0, 0.05) is 39.9 Å². The summed E-state index contributed by atoms with van der Waals surface area (Å²) in [6, 6.07) is 7.95. The number of hydrogen-bond donors (Lipinski definition) is 2. The Kier molecular flexibility index (Phi) is 7.86. The Morgan fingerprint density at radius 3 is 2.24 bits per heavy atom. The maximum Gasteiger partial charge on any atom is 0.328 e. The van der Waals surface area contributed by atoms with E-state index in [1.165, 1.54) is 17.7 Å². The number of aliphatic carboxylic acids is 2. The second-order valence-corrected chi connectivity index (χ2v) is 8.16. The van der Waals surface area contributed by atoms with E-state index in [0.717, 1.165) is 23.2 Å². The van der Waals surface area contributed by atoms with Crippen LogP contribution in [0, 0.1) is 10.1 Å². The quantitative estimate of drug-likeness (QED) is 0.424. The molecule has 2 heterocycles. The van der Waals surface area contributed by atoms with Gasteiger partial charge in [0.25, 0.3) is 5.69 Å². The highest BCUT2D eigenvalue weighted by Crippen LogP contribution is 2.37. The van der Waals surface area contributed by atoms with Gasteiger partial charge in [-0.25, -0.2) is 9.59 Å². The van der Waals surface area contributed by atoms with Gasteiger partial charge in [-0.05, 0) is 63.2 Å². The highest BCUT2D eigenvalue weighted by molar-refractivity contribution is 7.19. The van der Waals surface area contributed by atoms with Crippen molar-refractivity contribution in [3.05, 3.63) is 51.4 Å². The fourth-order valence-corrected chi connectivity index (χ4v) is 4.42. The number of hydrogen-bond acceptors (Lipinski definition) is 6. The summed E-state index contributed by atoms with van der Waals surface area (Å²) in [5, 5.41) is 27.5. The lowest BCUT2D eigenvalue weighted by Crippen LogP contribution is -2.37. The van der Waals surface area contributed by atoms with E-state index >= 15 is 0 Å². The van der Waals surface area contributed by atoms with Crippen molar-refractivity contribution < 1.29 is 24.7 Å². The van der Waals surface area contributed by atoms with Crippen LogP contribution < -0.4 is 0 Å². The number of nitro benzene ring substituents is 1. The van der Waals surface area contributed by atoms with Crippen molar-refractivity contribution in [1.82, 2.24) is 4.90 Å². The van der Waals surface area contributed by atoms with Gasteiger partial charge >= 0.3 is 11.9 Å². The van der Waals surface area contributed by atoms with Gasteiger partial charge in [0.2, 0.25) is 0 Å². The van der Waals surface area contributed by atoms with Crippen molar-refractivity contribution >= 4 is 39.0 Å². The molecule has 3 rings (SSSR count).